The Balaban J connectivity index is 1.91. The highest BCUT2D eigenvalue weighted by atomic mass is 16.4. The maximum atomic E-state index is 13.2. The third kappa shape index (κ3) is 3.01. The molecule has 1 unspecified atom stereocenters. The van der Waals surface area contributed by atoms with Crippen LogP contribution in [0.1, 0.15) is 82.7 Å². The number of aromatic nitrogens is 3. The second-order valence-electron chi connectivity index (χ2n) is 8.85. The molecule has 1 fully saturated rings. The van der Waals surface area contributed by atoms with Crippen molar-refractivity contribution in [2.75, 3.05) is 0 Å². The number of fused-ring (bicyclic) bond motifs is 4. The number of nitrogens with one attached hydrogen (secondary N) is 2. The van der Waals surface area contributed by atoms with Crippen LogP contribution >= 0.6 is 0 Å². The number of hydrogen-bond acceptors (Lipinski definition) is 4. The van der Waals surface area contributed by atoms with Crippen LogP contribution < -0.4 is 11.0 Å². The SMILES string of the molecule is CCCCC(CC)c1c2oc3c(O)c(=O)ccc3c2[nH]c2c1c(=O)[nH]n2C1CCCC1. The molecule has 7 nitrogen and oxygen atoms in total. The van der Waals surface area contributed by atoms with Gasteiger partial charge in [-0.05, 0) is 43.7 Å². The summed E-state index contributed by atoms with van der Waals surface area (Å²) in [6.45, 7) is 4.29. The fourth-order valence-electron chi connectivity index (χ4n) is 5.33. The first kappa shape index (κ1) is 20.0. The number of phenols is 1. The summed E-state index contributed by atoms with van der Waals surface area (Å²) >= 11 is 0. The second kappa shape index (κ2) is 7.62. The van der Waals surface area contributed by atoms with E-state index in [1.165, 1.54) is 6.07 Å². The Hall–Kier alpha value is -2.96. The number of rotatable bonds is 6. The average Bonchev–Trinajstić information content (AvgIpc) is 3.49. The minimum atomic E-state index is -0.469. The van der Waals surface area contributed by atoms with Crippen LogP contribution in [0.25, 0.3) is 33.1 Å². The number of pyridine rings is 1. The van der Waals surface area contributed by atoms with Gasteiger partial charge < -0.3 is 14.5 Å². The van der Waals surface area contributed by atoms with Gasteiger partial charge in [-0.25, -0.2) is 0 Å². The first-order valence-electron chi connectivity index (χ1n) is 11.5. The molecule has 3 heterocycles. The number of phenolic OH excluding ortho intramolecular Hbond substituents is 1. The first-order valence-corrected chi connectivity index (χ1v) is 11.5. The number of hydrogen-bond donors (Lipinski definition) is 3. The van der Waals surface area contributed by atoms with Gasteiger partial charge >= 0.3 is 0 Å². The molecule has 0 radical (unpaired) electrons. The Labute approximate surface area is 179 Å². The summed E-state index contributed by atoms with van der Waals surface area (Å²) in [5.41, 5.74) is 2.57. The zero-order valence-corrected chi connectivity index (χ0v) is 18.1. The molecule has 0 bridgehead atoms. The van der Waals surface area contributed by atoms with Crippen molar-refractivity contribution in [3.63, 3.8) is 0 Å². The van der Waals surface area contributed by atoms with Crippen molar-refractivity contribution in [3.8, 4) is 5.75 Å². The molecule has 0 amide bonds. The zero-order valence-electron chi connectivity index (χ0n) is 18.1. The van der Waals surface area contributed by atoms with E-state index >= 15 is 0 Å². The monoisotopic (exact) mass is 423 g/mol. The van der Waals surface area contributed by atoms with E-state index in [9.17, 15) is 14.7 Å². The topological polar surface area (TPSA) is 104 Å². The van der Waals surface area contributed by atoms with Crippen molar-refractivity contribution in [2.24, 2.45) is 0 Å². The van der Waals surface area contributed by atoms with E-state index in [0.717, 1.165) is 68.1 Å². The fraction of sp³-hybridized carbons (Fsp3) is 0.500. The summed E-state index contributed by atoms with van der Waals surface area (Å²) in [5, 5.41) is 14.8. The lowest BCUT2D eigenvalue weighted by molar-refractivity contribution is 0.463. The maximum absolute atomic E-state index is 13.2. The van der Waals surface area contributed by atoms with Crippen molar-refractivity contribution in [1.82, 2.24) is 14.8 Å². The first-order chi connectivity index (χ1) is 15.0. The van der Waals surface area contributed by atoms with Crippen molar-refractivity contribution in [3.05, 3.63) is 38.3 Å². The standard InChI is InChI=1S/C24H29N3O4/c1-3-5-8-13(4-2)17-18-23(27(26-24(18)30)14-9-6-7-10-14)25-19-15-11-12-16(28)20(29)21(15)31-22(17)19/h11-14,25,29H,3-10H2,1-2H3,(H,26,30). The van der Waals surface area contributed by atoms with Gasteiger partial charge in [-0.15, -0.1) is 0 Å². The smallest absolute Gasteiger partial charge is 0.274 e. The lowest BCUT2D eigenvalue weighted by Gasteiger charge is -2.17. The zero-order chi connectivity index (χ0) is 21.7. The lowest BCUT2D eigenvalue weighted by atomic mass is 9.89. The van der Waals surface area contributed by atoms with Gasteiger partial charge in [0.2, 0.25) is 11.2 Å². The van der Waals surface area contributed by atoms with Crippen LogP contribution in [0.2, 0.25) is 0 Å². The van der Waals surface area contributed by atoms with Crippen molar-refractivity contribution < 1.29 is 9.52 Å². The number of H-pyrrole nitrogens is 2. The van der Waals surface area contributed by atoms with Crippen LogP contribution in [0.5, 0.6) is 5.75 Å². The molecule has 4 aromatic rings. The summed E-state index contributed by atoms with van der Waals surface area (Å²) in [4.78, 5) is 28.7. The molecule has 1 atom stereocenters. The lowest BCUT2D eigenvalue weighted by Crippen LogP contribution is -2.10. The molecule has 1 saturated carbocycles. The van der Waals surface area contributed by atoms with Crippen molar-refractivity contribution >= 4 is 33.1 Å². The largest absolute Gasteiger partial charge is 0.502 e. The third-order valence-electron chi connectivity index (χ3n) is 6.98. The Morgan fingerprint density at radius 3 is 2.68 bits per heavy atom. The number of aromatic amines is 2. The Kier molecular flexibility index (Phi) is 4.91. The van der Waals surface area contributed by atoms with E-state index in [1.807, 2.05) is 4.68 Å². The summed E-state index contributed by atoms with van der Waals surface area (Å²) in [6, 6.07) is 3.31. The molecule has 0 spiro atoms. The van der Waals surface area contributed by atoms with Crippen LogP contribution in [-0.4, -0.2) is 19.9 Å². The summed E-state index contributed by atoms with van der Waals surface area (Å²) in [6.07, 6.45) is 8.35. The molecule has 3 N–H and O–H groups in total. The molecule has 5 rings (SSSR count). The highest BCUT2D eigenvalue weighted by Gasteiger charge is 2.28. The van der Waals surface area contributed by atoms with E-state index < -0.39 is 5.43 Å². The van der Waals surface area contributed by atoms with E-state index in [2.05, 4.69) is 23.9 Å². The maximum Gasteiger partial charge on any atom is 0.274 e. The highest BCUT2D eigenvalue weighted by Crippen LogP contribution is 2.41. The van der Waals surface area contributed by atoms with Crippen LogP contribution in [0, 0.1) is 0 Å². The van der Waals surface area contributed by atoms with Gasteiger partial charge in [-0.1, -0.05) is 39.5 Å². The highest BCUT2D eigenvalue weighted by molar-refractivity contribution is 6.09. The van der Waals surface area contributed by atoms with Gasteiger partial charge in [0, 0.05) is 10.9 Å². The average molecular weight is 424 g/mol. The molecule has 0 aliphatic heterocycles. The molecule has 164 valence electrons. The van der Waals surface area contributed by atoms with Gasteiger partial charge in [-0.3, -0.25) is 19.4 Å². The van der Waals surface area contributed by atoms with Gasteiger partial charge in [0.05, 0.1) is 16.9 Å². The predicted molar refractivity (Wildman–Crippen MR) is 122 cm³/mol. The molecule has 7 heteroatoms. The summed E-state index contributed by atoms with van der Waals surface area (Å²) < 4.78 is 8.11. The normalized spacial score (nSPS) is 16.2. The minimum absolute atomic E-state index is 0.112. The molecule has 1 aliphatic rings. The Morgan fingerprint density at radius 1 is 1.19 bits per heavy atom. The van der Waals surface area contributed by atoms with E-state index in [-0.39, 0.29) is 28.9 Å². The Morgan fingerprint density at radius 2 is 1.97 bits per heavy atom. The molecule has 1 aromatic carbocycles. The Bertz CT molecular complexity index is 1380. The summed E-state index contributed by atoms with van der Waals surface area (Å²) in [5.74, 6) is -0.235. The number of aromatic hydroxyl groups is 1. The van der Waals surface area contributed by atoms with Gasteiger partial charge in [0.25, 0.3) is 5.56 Å². The quantitative estimate of drug-likeness (QED) is 0.385. The van der Waals surface area contributed by atoms with Crippen molar-refractivity contribution in [1.29, 1.82) is 0 Å². The van der Waals surface area contributed by atoms with Crippen LogP contribution in [0.15, 0.2) is 26.1 Å². The van der Waals surface area contributed by atoms with Gasteiger partial charge in [0.1, 0.15) is 5.65 Å². The predicted octanol–water partition coefficient (Wildman–Crippen LogP) is 5.42. The number of nitrogens with zero attached hydrogens (tertiary/aromatic N) is 1. The fourth-order valence-corrected chi connectivity index (χ4v) is 5.33. The van der Waals surface area contributed by atoms with Crippen molar-refractivity contribution in [2.45, 2.75) is 77.2 Å². The number of unbranched alkanes of at least 4 members (excludes halogenated alkanes) is 1. The van der Waals surface area contributed by atoms with Gasteiger partial charge in [-0.2, -0.15) is 0 Å². The molecule has 31 heavy (non-hydrogen) atoms. The molecule has 1 aliphatic carbocycles. The van der Waals surface area contributed by atoms with Crippen LogP contribution in [0.4, 0.5) is 0 Å². The van der Waals surface area contributed by atoms with E-state index in [0.29, 0.717) is 16.4 Å². The van der Waals surface area contributed by atoms with Gasteiger partial charge in [0.15, 0.2) is 11.2 Å². The minimum Gasteiger partial charge on any atom is -0.502 e. The van der Waals surface area contributed by atoms with E-state index in [1.54, 1.807) is 6.07 Å². The van der Waals surface area contributed by atoms with Crippen LogP contribution in [0.3, 0.4) is 0 Å². The summed E-state index contributed by atoms with van der Waals surface area (Å²) in [7, 11) is 0. The third-order valence-corrected chi connectivity index (χ3v) is 6.98. The second-order valence-corrected chi connectivity index (χ2v) is 8.85. The molecule has 3 aromatic heterocycles. The molecular formula is C24H29N3O4. The number of furan rings is 1. The molecule has 0 saturated heterocycles. The van der Waals surface area contributed by atoms with Crippen LogP contribution in [-0.2, 0) is 0 Å². The van der Waals surface area contributed by atoms with E-state index in [4.69, 9.17) is 4.42 Å². The molecular weight excluding hydrogens is 394 g/mol. The number of benzene rings is 1.